The molecule has 146 valence electrons. The van der Waals surface area contributed by atoms with Crippen LogP contribution in [0.15, 0.2) is 66.7 Å². The van der Waals surface area contributed by atoms with E-state index in [2.05, 4.69) is 46.6 Å². The van der Waals surface area contributed by atoms with Gasteiger partial charge in [0.05, 0.1) is 5.69 Å². The zero-order valence-electron chi connectivity index (χ0n) is 16.1. The van der Waals surface area contributed by atoms with Gasteiger partial charge in [-0.15, -0.1) is 0 Å². The Kier molecular flexibility index (Phi) is 4.35. The normalized spacial score (nSPS) is 15.0. The van der Waals surface area contributed by atoms with E-state index in [1.807, 2.05) is 29.2 Å². The number of fused-ring (bicyclic) bond motifs is 3. The SMILES string of the molecule is O=C(Nc1ccc2c(c1)Cc1ccccc1-2)N1CCN(c2ccccc2O)CC1. The lowest BCUT2D eigenvalue weighted by atomic mass is 10.1. The molecule has 5 heteroatoms. The number of benzene rings is 3. The molecule has 0 atom stereocenters. The summed E-state index contributed by atoms with van der Waals surface area (Å²) >= 11 is 0. The summed E-state index contributed by atoms with van der Waals surface area (Å²) < 4.78 is 0. The summed E-state index contributed by atoms with van der Waals surface area (Å²) in [7, 11) is 0. The first-order valence-electron chi connectivity index (χ1n) is 9.99. The van der Waals surface area contributed by atoms with Gasteiger partial charge in [0.15, 0.2) is 0 Å². The van der Waals surface area contributed by atoms with Gasteiger partial charge in [-0.2, -0.15) is 0 Å². The number of rotatable bonds is 2. The lowest BCUT2D eigenvalue weighted by Crippen LogP contribution is -2.50. The van der Waals surface area contributed by atoms with E-state index in [9.17, 15) is 9.90 Å². The summed E-state index contributed by atoms with van der Waals surface area (Å²) in [6, 6.07) is 21.9. The molecule has 2 N–H and O–H groups in total. The summed E-state index contributed by atoms with van der Waals surface area (Å²) in [5.41, 5.74) is 6.81. The predicted molar refractivity (Wildman–Crippen MR) is 116 cm³/mol. The standard InChI is InChI=1S/C24H23N3O2/c28-23-8-4-3-7-22(23)26-11-13-27(14-12-26)24(29)25-19-9-10-21-18(16-19)15-17-5-1-2-6-20(17)21/h1-10,16,28H,11-15H2,(H,25,29). The molecule has 0 spiro atoms. The minimum absolute atomic E-state index is 0.0719. The summed E-state index contributed by atoms with van der Waals surface area (Å²) in [6.07, 6.45) is 0.911. The number of phenolic OH excluding ortho intramolecular Hbond substituents is 1. The van der Waals surface area contributed by atoms with Crippen LogP contribution < -0.4 is 10.2 Å². The van der Waals surface area contributed by atoms with Crippen LogP contribution in [0, 0.1) is 0 Å². The fourth-order valence-electron chi connectivity index (χ4n) is 4.31. The van der Waals surface area contributed by atoms with Crippen LogP contribution in [0.3, 0.4) is 0 Å². The Morgan fingerprint density at radius 2 is 1.55 bits per heavy atom. The van der Waals surface area contributed by atoms with Gasteiger partial charge < -0.3 is 20.2 Å². The molecule has 1 saturated heterocycles. The maximum Gasteiger partial charge on any atom is 0.321 e. The van der Waals surface area contributed by atoms with E-state index >= 15 is 0 Å². The van der Waals surface area contributed by atoms with E-state index < -0.39 is 0 Å². The van der Waals surface area contributed by atoms with E-state index in [0.29, 0.717) is 26.2 Å². The molecule has 2 amide bonds. The molecule has 5 nitrogen and oxygen atoms in total. The van der Waals surface area contributed by atoms with Crippen molar-refractivity contribution in [2.75, 3.05) is 36.4 Å². The van der Waals surface area contributed by atoms with Gasteiger partial charge in [-0.25, -0.2) is 4.79 Å². The zero-order chi connectivity index (χ0) is 19.8. The second-order valence-corrected chi connectivity index (χ2v) is 7.60. The van der Waals surface area contributed by atoms with Gasteiger partial charge in [-0.3, -0.25) is 0 Å². The van der Waals surface area contributed by atoms with Gasteiger partial charge in [0.1, 0.15) is 5.75 Å². The highest BCUT2D eigenvalue weighted by molar-refractivity contribution is 5.91. The molecule has 1 heterocycles. The molecule has 0 radical (unpaired) electrons. The number of para-hydroxylation sites is 2. The highest BCUT2D eigenvalue weighted by Crippen LogP contribution is 2.37. The minimum atomic E-state index is -0.0719. The molecule has 3 aromatic carbocycles. The predicted octanol–water partition coefficient (Wildman–Crippen LogP) is 4.32. The topological polar surface area (TPSA) is 55.8 Å². The number of carbonyl (C=O) groups is 1. The van der Waals surface area contributed by atoms with Crippen molar-refractivity contribution >= 4 is 17.4 Å². The number of hydrogen-bond acceptors (Lipinski definition) is 3. The third-order valence-electron chi connectivity index (χ3n) is 5.83. The van der Waals surface area contributed by atoms with Crippen molar-refractivity contribution in [1.29, 1.82) is 0 Å². The van der Waals surface area contributed by atoms with Crippen LogP contribution in [0.2, 0.25) is 0 Å². The lowest BCUT2D eigenvalue weighted by molar-refractivity contribution is 0.208. The molecular weight excluding hydrogens is 362 g/mol. The first-order chi connectivity index (χ1) is 14.2. The monoisotopic (exact) mass is 385 g/mol. The van der Waals surface area contributed by atoms with Crippen LogP contribution >= 0.6 is 0 Å². The molecule has 3 aromatic rings. The van der Waals surface area contributed by atoms with Crippen LogP contribution in [-0.2, 0) is 6.42 Å². The fourth-order valence-corrected chi connectivity index (χ4v) is 4.31. The summed E-state index contributed by atoms with van der Waals surface area (Å²) in [6.45, 7) is 2.64. The van der Waals surface area contributed by atoms with Crippen molar-refractivity contribution < 1.29 is 9.90 Å². The number of hydrogen-bond donors (Lipinski definition) is 2. The van der Waals surface area contributed by atoms with E-state index in [4.69, 9.17) is 0 Å². The average molecular weight is 385 g/mol. The van der Waals surface area contributed by atoms with Gasteiger partial charge in [0, 0.05) is 31.9 Å². The second kappa shape index (κ2) is 7.17. The number of phenols is 1. The van der Waals surface area contributed by atoms with Crippen LogP contribution in [-0.4, -0.2) is 42.2 Å². The van der Waals surface area contributed by atoms with Gasteiger partial charge in [-0.05, 0) is 52.9 Å². The second-order valence-electron chi connectivity index (χ2n) is 7.60. The Balaban J connectivity index is 1.23. The van der Waals surface area contributed by atoms with Gasteiger partial charge in [0.2, 0.25) is 0 Å². The fraction of sp³-hybridized carbons (Fsp3) is 0.208. The van der Waals surface area contributed by atoms with E-state index in [-0.39, 0.29) is 11.8 Å². The Bertz CT molecular complexity index is 1070. The molecule has 0 aromatic heterocycles. The van der Waals surface area contributed by atoms with Crippen LogP contribution in [0.1, 0.15) is 11.1 Å². The molecular formula is C24H23N3O2. The van der Waals surface area contributed by atoms with E-state index in [0.717, 1.165) is 17.8 Å². The highest BCUT2D eigenvalue weighted by atomic mass is 16.3. The van der Waals surface area contributed by atoms with Crippen molar-refractivity contribution in [2.24, 2.45) is 0 Å². The first kappa shape index (κ1) is 17.6. The quantitative estimate of drug-likeness (QED) is 0.540. The number of piperazine rings is 1. The van der Waals surface area contributed by atoms with Gasteiger partial charge in [-0.1, -0.05) is 42.5 Å². The Morgan fingerprint density at radius 3 is 2.38 bits per heavy atom. The molecule has 0 bridgehead atoms. The van der Waals surface area contributed by atoms with Crippen LogP contribution in [0.4, 0.5) is 16.2 Å². The lowest BCUT2D eigenvalue weighted by Gasteiger charge is -2.36. The smallest absolute Gasteiger partial charge is 0.321 e. The number of urea groups is 1. The van der Waals surface area contributed by atoms with Gasteiger partial charge in [0.25, 0.3) is 0 Å². The number of aromatic hydroxyl groups is 1. The molecule has 0 saturated carbocycles. The number of carbonyl (C=O) groups excluding carboxylic acids is 1. The van der Waals surface area contributed by atoms with Crippen molar-refractivity contribution in [3.05, 3.63) is 77.9 Å². The van der Waals surface area contributed by atoms with Crippen molar-refractivity contribution in [3.63, 3.8) is 0 Å². The van der Waals surface area contributed by atoms with Gasteiger partial charge >= 0.3 is 6.03 Å². The van der Waals surface area contributed by atoms with Crippen molar-refractivity contribution in [2.45, 2.75) is 6.42 Å². The number of amides is 2. The summed E-state index contributed by atoms with van der Waals surface area (Å²) in [5.74, 6) is 0.282. The van der Waals surface area contributed by atoms with Crippen LogP contribution in [0.25, 0.3) is 11.1 Å². The average Bonchev–Trinajstić information content (AvgIpc) is 3.12. The molecule has 1 aliphatic carbocycles. The number of nitrogens with zero attached hydrogens (tertiary/aromatic N) is 2. The molecule has 29 heavy (non-hydrogen) atoms. The molecule has 1 fully saturated rings. The molecule has 1 aliphatic heterocycles. The van der Waals surface area contributed by atoms with E-state index in [1.54, 1.807) is 6.07 Å². The third kappa shape index (κ3) is 3.29. The number of anilines is 2. The number of nitrogens with one attached hydrogen (secondary N) is 1. The molecule has 5 rings (SSSR count). The molecule has 0 unspecified atom stereocenters. The molecule has 2 aliphatic rings. The van der Waals surface area contributed by atoms with Crippen molar-refractivity contribution in [3.8, 4) is 16.9 Å². The maximum absolute atomic E-state index is 12.7. The van der Waals surface area contributed by atoms with Crippen molar-refractivity contribution in [1.82, 2.24) is 4.90 Å². The maximum atomic E-state index is 12.7. The zero-order valence-corrected chi connectivity index (χ0v) is 16.1. The Labute approximate surface area is 170 Å². The minimum Gasteiger partial charge on any atom is -0.506 e. The van der Waals surface area contributed by atoms with E-state index in [1.165, 1.54) is 22.3 Å². The first-order valence-corrected chi connectivity index (χ1v) is 9.99. The third-order valence-corrected chi connectivity index (χ3v) is 5.83. The largest absolute Gasteiger partial charge is 0.506 e. The summed E-state index contributed by atoms with van der Waals surface area (Å²) in [5, 5.41) is 13.1. The Hall–Kier alpha value is -3.47. The Morgan fingerprint density at radius 1 is 0.828 bits per heavy atom. The highest BCUT2D eigenvalue weighted by Gasteiger charge is 2.23. The van der Waals surface area contributed by atoms with Crippen LogP contribution in [0.5, 0.6) is 5.75 Å². The summed E-state index contributed by atoms with van der Waals surface area (Å²) in [4.78, 5) is 16.7.